The zero-order chi connectivity index (χ0) is 13.6. The van der Waals surface area contributed by atoms with Gasteiger partial charge in [-0.1, -0.05) is 27.7 Å². The van der Waals surface area contributed by atoms with E-state index < -0.39 is 5.97 Å². The number of rotatable bonds is 4. The van der Waals surface area contributed by atoms with Crippen LogP contribution in [-0.4, -0.2) is 26.4 Å². The Kier molecular flexibility index (Phi) is 3.09. The lowest BCUT2D eigenvalue weighted by atomic mass is 10.2. The quantitative estimate of drug-likeness (QED) is 0.865. The molecular weight excluding hydrogens is 328 g/mol. The average molecular weight is 341 g/mol. The van der Waals surface area contributed by atoms with E-state index in [1.165, 1.54) is 11.8 Å². The van der Waals surface area contributed by atoms with Crippen molar-refractivity contribution in [2.24, 2.45) is 0 Å². The highest BCUT2D eigenvalue weighted by Crippen LogP contribution is 2.47. The average Bonchev–Trinajstić information content (AvgIpc) is 2.97. The smallest absolute Gasteiger partial charge is 0.313 e. The fraction of sp³-hybridized carbons (Fsp3) is 0.385. The fourth-order valence-corrected chi connectivity index (χ4v) is 3.39. The summed E-state index contributed by atoms with van der Waals surface area (Å²) in [5.74, 6) is -0.772. The van der Waals surface area contributed by atoms with Gasteiger partial charge in [0.15, 0.2) is 5.16 Å². The number of benzene rings is 1. The molecule has 1 fully saturated rings. The largest absolute Gasteiger partial charge is 0.481 e. The molecule has 0 bridgehead atoms. The predicted octanol–water partition coefficient (Wildman–Crippen LogP) is 3.48. The van der Waals surface area contributed by atoms with E-state index >= 15 is 0 Å². The summed E-state index contributed by atoms with van der Waals surface area (Å²) in [6, 6.07) is 6.01. The van der Waals surface area contributed by atoms with Crippen LogP contribution in [0.15, 0.2) is 27.8 Å². The highest BCUT2D eigenvalue weighted by Gasteiger charge is 2.42. The van der Waals surface area contributed by atoms with Crippen molar-refractivity contribution in [3.05, 3.63) is 22.7 Å². The number of carbonyl (C=O) groups is 1. The molecule has 3 rings (SSSR count). The number of thioether (sulfide) groups is 1. The predicted molar refractivity (Wildman–Crippen MR) is 78.7 cm³/mol. The van der Waals surface area contributed by atoms with Crippen molar-refractivity contribution in [2.75, 3.05) is 5.75 Å². The van der Waals surface area contributed by atoms with Gasteiger partial charge in [0.2, 0.25) is 0 Å². The van der Waals surface area contributed by atoms with Crippen LogP contribution in [0.25, 0.3) is 11.0 Å². The topological polar surface area (TPSA) is 55.1 Å². The number of hydrogen-bond acceptors (Lipinski definition) is 3. The number of nitrogens with zero attached hydrogens (tertiary/aromatic N) is 2. The number of fused-ring (bicyclic) bond motifs is 1. The van der Waals surface area contributed by atoms with Crippen LogP contribution in [0.5, 0.6) is 0 Å². The first-order chi connectivity index (χ1) is 8.99. The summed E-state index contributed by atoms with van der Waals surface area (Å²) in [5.41, 5.74) is 2.09. The van der Waals surface area contributed by atoms with Crippen molar-refractivity contribution < 1.29 is 9.90 Å². The Hall–Kier alpha value is -1.01. The number of halogens is 1. The molecule has 1 heterocycles. The van der Waals surface area contributed by atoms with Gasteiger partial charge in [0.25, 0.3) is 0 Å². The molecule has 0 atom stereocenters. The number of hydrogen-bond donors (Lipinski definition) is 1. The van der Waals surface area contributed by atoms with E-state index in [0.717, 1.165) is 33.5 Å². The monoisotopic (exact) mass is 340 g/mol. The molecule has 0 aliphatic heterocycles. The van der Waals surface area contributed by atoms with Crippen LogP contribution < -0.4 is 0 Å². The molecule has 2 aromatic rings. The van der Waals surface area contributed by atoms with Crippen molar-refractivity contribution in [1.82, 2.24) is 9.55 Å². The maximum atomic E-state index is 10.8. The Bertz CT molecular complexity index is 664. The highest BCUT2D eigenvalue weighted by molar-refractivity contribution is 9.10. The van der Waals surface area contributed by atoms with Gasteiger partial charge in [-0.3, -0.25) is 4.79 Å². The minimum absolute atomic E-state index is 0.0422. The number of imidazole rings is 1. The van der Waals surface area contributed by atoms with Crippen LogP contribution >= 0.6 is 27.7 Å². The normalized spacial score (nSPS) is 16.7. The van der Waals surface area contributed by atoms with Crippen molar-refractivity contribution in [3.63, 3.8) is 0 Å². The lowest BCUT2D eigenvalue weighted by molar-refractivity contribution is -0.133. The molecule has 0 unspecified atom stereocenters. The molecule has 1 saturated carbocycles. The summed E-state index contributed by atoms with van der Waals surface area (Å²) < 4.78 is 3.18. The zero-order valence-electron chi connectivity index (χ0n) is 10.4. The third kappa shape index (κ3) is 2.39. The Morgan fingerprint density at radius 1 is 1.58 bits per heavy atom. The van der Waals surface area contributed by atoms with E-state index in [9.17, 15) is 4.79 Å². The zero-order valence-corrected chi connectivity index (χ0v) is 12.8. The van der Waals surface area contributed by atoms with Crippen LogP contribution in [0, 0.1) is 0 Å². The molecule has 0 radical (unpaired) electrons. The van der Waals surface area contributed by atoms with Gasteiger partial charge in [0.05, 0.1) is 16.8 Å². The van der Waals surface area contributed by atoms with Crippen LogP contribution in [0.1, 0.15) is 19.8 Å². The van der Waals surface area contributed by atoms with Gasteiger partial charge in [-0.2, -0.15) is 0 Å². The third-order valence-electron chi connectivity index (χ3n) is 3.42. The molecule has 1 aliphatic rings. The standard InChI is InChI=1S/C13H13BrN2O2S/c1-13(4-5-13)16-10-3-2-8(14)6-9(10)15-12(16)19-7-11(17)18/h2-3,6H,4-5,7H2,1H3,(H,17,18). The molecule has 0 saturated heterocycles. The molecule has 1 aromatic carbocycles. The van der Waals surface area contributed by atoms with Crippen LogP contribution in [0.4, 0.5) is 0 Å². The van der Waals surface area contributed by atoms with Crippen molar-refractivity contribution in [1.29, 1.82) is 0 Å². The van der Waals surface area contributed by atoms with Crippen LogP contribution in [0.3, 0.4) is 0 Å². The van der Waals surface area contributed by atoms with Crippen LogP contribution in [0.2, 0.25) is 0 Å². The Balaban J connectivity index is 2.11. The van der Waals surface area contributed by atoms with E-state index in [-0.39, 0.29) is 11.3 Å². The first-order valence-corrected chi connectivity index (χ1v) is 7.80. The number of carboxylic acids is 1. The van der Waals surface area contributed by atoms with Crippen LogP contribution in [-0.2, 0) is 10.3 Å². The van der Waals surface area contributed by atoms with Crippen molar-refractivity contribution >= 4 is 44.7 Å². The molecule has 6 heteroatoms. The van der Waals surface area contributed by atoms with Gasteiger partial charge in [0, 0.05) is 10.0 Å². The molecule has 1 aromatic heterocycles. The van der Waals surface area contributed by atoms with Crippen molar-refractivity contribution in [3.8, 4) is 0 Å². The maximum Gasteiger partial charge on any atom is 0.313 e. The lowest BCUT2D eigenvalue weighted by Gasteiger charge is -2.15. The third-order valence-corrected chi connectivity index (χ3v) is 4.84. The van der Waals surface area contributed by atoms with Gasteiger partial charge in [-0.05, 0) is 38.0 Å². The van der Waals surface area contributed by atoms with E-state index in [1.54, 1.807) is 0 Å². The Morgan fingerprint density at radius 3 is 2.95 bits per heavy atom. The summed E-state index contributed by atoms with van der Waals surface area (Å²) >= 11 is 4.73. The van der Waals surface area contributed by atoms with E-state index in [1.807, 2.05) is 18.2 Å². The lowest BCUT2D eigenvalue weighted by Crippen LogP contribution is -2.14. The second kappa shape index (κ2) is 4.52. The van der Waals surface area contributed by atoms with Gasteiger partial charge in [0.1, 0.15) is 0 Å². The summed E-state index contributed by atoms with van der Waals surface area (Å²) in [4.78, 5) is 15.3. The number of aromatic nitrogens is 2. The van der Waals surface area contributed by atoms with Crippen molar-refractivity contribution in [2.45, 2.75) is 30.5 Å². The van der Waals surface area contributed by atoms with Gasteiger partial charge in [-0.25, -0.2) is 4.98 Å². The fourth-order valence-electron chi connectivity index (χ4n) is 2.18. The Morgan fingerprint density at radius 2 is 2.32 bits per heavy atom. The van der Waals surface area contributed by atoms with E-state index in [0.29, 0.717) is 0 Å². The second-order valence-corrected chi connectivity index (χ2v) is 6.90. The minimum Gasteiger partial charge on any atom is -0.481 e. The molecular formula is C13H13BrN2O2S. The maximum absolute atomic E-state index is 10.8. The molecule has 1 aliphatic carbocycles. The van der Waals surface area contributed by atoms with Gasteiger partial charge in [-0.15, -0.1) is 0 Å². The number of aliphatic carboxylic acids is 1. The number of carboxylic acid groups (broad SMARTS) is 1. The molecule has 1 N–H and O–H groups in total. The molecule has 4 nitrogen and oxygen atoms in total. The molecule has 100 valence electrons. The summed E-state index contributed by atoms with van der Waals surface area (Å²) in [6.45, 7) is 2.20. The summed E-state index contributed by atoms with van der Waals surface area (Å²) in [6.07, 6.45) is 2.24. The SMILES string of the molecule is CC1(n2c(SCC(=O)O)nc3cc(Br)ccc32)CC1. The molecule has 0 spiro atoms. The highest BCUT2D eigenvalue weighted by atomic mass is 79.9. The molecule has 19 heavy (non-hydrogen) atoms. The van der Waals surface area contributed by atoms with E-state index in [2.05, 4.69) is 32.4 Å². The van der Waals surface area contributed by atoms with E-state index in [4.69, 9.17) is 5.11 Å². The summed E-state index contributed by atoms with van der Waals surface area (Å²) in [5, 5.41) is 9.64. The molecule has 0 amide bonds. The van der Waals surface area contributed by atoms with Gasteiger partial charge >= 0.3 is 5.97 Å². The van der Waals surface area contributed by atoms with Gasteiger partial charge < -0.3 is 9.67 Å². The first-order valence-electron chi connectivity index (χ1n) is 6.03. The Labute approximate surface area is 123 Å². The summed E-state index contributed by atoms with van der Waals surface area (Å²) in [7, 11) is 0. The first kappa shape index (κ1) is 13.0. The second-order valence-electron chi connectivity index (χ2n) is 5.04. The minimum atomic E-state index is -0.814.